The first kappa shape index (κ1) is 13.5. The molecule has 0 atom stereocenters. The Hall–Kier alpha value is -1.88. The van der Waals surface area contributed by atoms with Gasteiger partial charge in [0.15, 0.2) is 0 Å². The van der Waals surface area contributed by atoms with Crippen LogP contribution < -0.4 is 5.32 Å². The molecule has 1 aromatic heterocycles. The molecular formula is C14H20N4O. The third-order valence-corrected chi connectivity index (χ3v) is 3.28. The van der Waals surface area contributed by atoms with Gasteiger partial charge in [-0.05, 0) is 31.2 Å². The second-order valence-electron chi connectivity index (χ2n) is 4.77. The summed E-state index contributed by atoms with van der Waals surface area (Å²) in [4.78, 5) is 17.7. The second-order valence-corrected chi connectivity index (χ2v) is 4.77. The summed E-state index contributed by atoms with van der Waals surface area (Å²) >= 11 is 0. The Balaban J connectivity index is 1.99. The highest BCUT2D eigenvalue weighted by Crippen LogP contribution is 2.14. The summed E-state index contributed by atoms with van der Waals surface area (Å²) in [6.45, 7) is 1.11. The number of aromatic nitrogens is 2. The van der Waals surface area contributed by atoms with Crippen LogP contribution in [0.15, 0.2) is 24.5 Å². The first-order valence-electron chi connectivity index (χ1n) is 6.40. The summed E-state index contributed by atoms with van der Waals surface area (Å²) in [7, 11) is 5.60. The zero-order valence-electron chi connectivity index (χ0n) is 11.7. The van der Waals surface area contributed by atoms with Gasteiger partial charge >= 0.3 is 0 Å². The number of nitrogens with zero attached hydrogens (tertiary/aromatic N) is 3. The van der Waals surface area contributed by atoms with Gasteiger partial charge < -0.3 is 14.8 Å². The lowest BCUT2D eigenvalue weighted by atomic mass is 10.1. The molecule has 0 aliphatic rings. The van der Waals surface area contributed by atoms with E-state index in [2.05, 4.69) is 28.5 Å². The largest absolute Gasteiger partial charge is 0.344 e. The number of fused-ring (bicyclic) bond motifs is 1. The van der Waals surface area contributed by atoms with E-state index in [1.165, 1.54) is 5.56 Å². The summed E-state index contributed by atoms with van der Waals surface area (Å²) in [6, 6.07) is 6.26. The van der Waals surface area contributed by atoms with Crippen molar-refractivity contribution in [2.75, 3.05) is 27.2 Å². The summed E-state index contributed by atoms with van der Waals surface area (Å²) < 4.78 is 2.00. The average molecular weight is 260 g/mol. The summed E-state index contributed by atoms with van der Waals surface area (Å²) in [5, 5.41) is 2.87. The van der Waals surface area contributed by atoms with E-state index in [4.69, 9.17) is 0 Å². The van der Waals surface area contributed by atoms with Gasteiger partial charge in [0.05, 0.1) is 23.9 Å². The molecule has 5 nitrogen and oxygen atoms in total. The minimum absolute atomic E-state index is 0.112. The van der Waals surface area contributed by atoms with Crippen molar-refractivity contribution in [1.82, 2.24) is 19.8 Å². The maximum atomic E-state index is 11.6. The monoisotopic (exact) mass is 260 g/mol. The molecule has 1 amide bonds. The minimum Gasteiger partial charge on any atom is -0.344 e. The number of nitrogens with one attached hydrogen (secondary N) is 1. The zero-order valence-corrected chi connectivity index (χ0v) is 11.7. The van der Waals surface area contributed by atoms with Gasteiger partial charge in [0.25, 0.3) is 0 Å². The van der Waals surface area contributed by atoms with Crippen molar-refractivity contribution in [3.63, 3.8) is 0 Å². The highest BCUT2D eigenvalue weighted by molar-refractivity contribution is 5.78. The van der Waals surface area contributed by atoms with Crippen molar-refractivity contribution in [3.05, 3.63) is 30.1 Å². The molecule has 0 saturated heterocycles. The first-order chi connectivity index (χ1) is 9.11. The Morgan fingerprint density at radius 2 is 2.26 bits per heavy atom. The van der Waals surface area contributed by atoms with Gasteiger partial charge in [-0.2, -0.15) is 0 Å². The fourth-order valence-corrected chi connectivity index (χ4v) is 2.04. The van der Waals surface area contributed by atoms with Crippen LogP contribution in [0.4, 0.5) is 0 Å². The van der Waals surface area contributed by atoms with Crippen molar-refractivity contribution < 1.29 is 4.79 Å². The normalized spacial score (nSPS) is 10.9. The van der Waals surface area contributed by atoms with E-state index in [9.17, 15) is 4.79 Å². The van der Waals surface area contributed by atoms with Crippen LogP contribution in [0.1, 0.15) is 5.56 Å². The maximum absolute atomic E-state index is 11.6. The smallest absolute Gasteiger partial charge is 0.236 e. The fraction of sp³-hybridized carbons (Fsp3) is 0.429. The van der Waals surface area contributed by atoms with Crippen molar-refractivity contribution in [2.24, 2.45) is 7.05 Å². The Bertz CT molecular complexity index is 576. The van der Waals surface area contributed by atoms with E-state index < -0.39 is 0 Å². The van der Waals surface area contributed by atoms with E-state index in [0.29, 0.717) is 6.54 Å². The van der Waals surface area contributed by atoms with Crippen LogP contribution in [0.3, 0.4) is 0 Å². The van der Waals surface area contributed by atoms with Crippen LogP contribution in [0.25, 0.3) is 11.0 Å². The topological polar surface area (TPSA) is 50.2 Å². The molecule has 0 unspecified atom stereocenters. The van der Waals surface area contributed by atoms with Gasteiger partial charge in [0, 0.05) is 20.6 Å². The molecule has 19 heavy (non-hydrogen) atoms. The van der Waals surface area contributed by atoms with Gasteiger partial charge in [0.1, 0.15) is 0 Å². The molecule has 2 rings (SSSR count). The SMILES string of the molecule is CNCC(=O)N(C)CCc1ccc2c(c1)ncn2C. The Labute approximate surface area is 113 Å². The molecular weight excluding hydrogens is 240 g/mol. The number of likely N-dealkylation sites (N-methyl/N-ethyl adjacent to an activating group) is 2. The highest BCUT2D eigenvalue weighted by Gasteiger charge is 2.07. The standard InChI is InChI=1S/C14H20N4O/c1-15-9-14(19)17(2)7-6-11-4-5-13-12(8-11)16-10-18(13)3/h4-5,8,10,15H,6-7,9H2,1-3H3. The molecule has 1 N–H and O–H groups in total. The van der Waals surface area contributed by atoms with E-state index >= 15 is 0 Å². The van der Waals surface area contributed by atoms with E-state index in [1.807, 2.05) is 25.0 Å². The molecule has 2 aromatic rings. The quantitative estimate of drug-likeness (QED) is 0.865. The van der Waals surface area contributed by atoms with E-state index in [0.717, 1.165) is 24.0 Å². The number of carbonyl (C=O) groups is 1. The molecule has 0 fully saturated rings. The lowest BCUT2D eigenvalue weighted by Crippen LogP contribution is -2.35. The predicted molar refractivity (Wildman–Crippen MR) is 76.0 cm³/mol. The highest BCUT2D eigenvalue weighted by atomic mass is 16.2. The molecule has 0 aliphatic carbocycles. The van der Waals surface area contributed by atoms with E-state index in [-0.39, 0.29) is 5.91 Å². The lowest BCUT2D eigenvalue weighted by Gasteiger charge is -2.16. The molecule has 0 aliphatic heterocycles. The maximum Gasteiger partial charge on any atom is 0.236 e. The fourth-order valence-electron chi connectivity index (χ4n) is 2.04. The zero-order chi connectivity index (χ0) is 13.8. The Morgan fingerprint density at radius 3 is 3.00 bits per heavy atom. The third kappa shape index (κ3) is 3.12. The Kier molecular flexibility index (Phi) is 4.16. The van der Waals surface area contributed by atoms with E-state index in [1.54, 1.807) is 11.9 Å². The van der Waals surface area contributed by atoms with Crippen molar-refractivity contribution in [1.29, 1.82) is 0 Å². The Morgan fingerprint density at radius 1 is 1.47 bits per heavy atom. The van der Waals surface area contributed by atoms with Crippen LogP contribution in [0, 0.1) is 0 Å². The molecule has 102 valence electrons. The van der Waals surface area contributed by atoms with Crippen LogP contribution in [0.2, 0.25) is 0 Å². The molecule has 0 spiro atoms. The number of hydrogen-bond acceptors (Lipinski definition) is 3. The average Bonchev–Trinajstić information content (AvgIpc) is 2.77. The van der Waals surface area contributed by atoms with Crippen LogP contribution in [-0.2, 0) is 18.3 Å². The van der Waals surface area contributed by atoms with Crippen molar-refractivity contribution in [3.8, 4) is 0 Å². The molecule has 0 radical (unpaired) electrons. The van der Waals surface area contributed by atoms with Gasteiger partial charge in [-0.1, -0.05) is 6.07 Å². The number of rotatable bonds is 5. The minimum atomic E-state index is 0.112. The van der Waals surface area contributed by atoms with Crippen LogP contribution in [0.5, 0.6) is 0 Å². The van der Waals surface area contributed by atoms with Gasteiger partial charge in [-0.25, -0.2) is 4.98 Å². The summed E-state index contributed by atoms with van der Waals surface area (Å²) in [5.41, 5.74) is 3.34. The van der Waals surface area contributed by atoms with Crippen LogP contribution in [-0.4, -0.2) is 47.5 Å². The molecule has 0 saturated carbocycles. The third-order valence-electron chi connectivity index (χ3n) is 3.28. The van der Waals surface area contributed by atoms with Gasteiger partial charge in [-0.15, -0.1) is 0 Å². The summed E-state index contributed by atoms with van der Waals surface area (Å²) in [5.74, 6) is 0.112. The molecule has 1 heterocycles. The predicted octanol–water partition coefficient (Wildman–Crippen LogP) is 0.794. The number of carbonyl (C=O) groups excluding carboxylic acids is 1. The first-order valence-corrected chi connectivity index (χ1v) is 6.40. The van der Waals surface area contributed by atoms with Crippen LogP contribution >= 0.6 is 0 Å². The second kappa shape index (κ2) is 5.84. The number of hydrogen-bond donors (Lipinski definition) is 1. The number of amides is 1. The number of imidazole rings is 1. The number of benzene rings is 1. The lowest BCUT2D eigenvalue weighted by molar-refractivity contribution is -0.128. The van der Waals surface area contributed by atoms with Crippen molar-refractivity contribution >= 4 is 16.9 Å². The number of aryl methyl sites for hydroxylation is 1. The summed E-state index contributed by atoms with van der Waals surface area (Å²) in [6.07, 6.45) is 2.66. The molecule has 1 aromatic carbocycles. The van der Waals surface area contributed by atoms with Gasteiger partial charge in [0.2, 0.25) is 5.91 Å². The molecule has 5 heteroatoms. The molecule has 0 bridgehead atoms. The van der Waals surface area contributed by atoms with Gasteiger partial charge in [-0.3, -0.25) is 4.79 Å². The van der Waals surface area contributed by atoms with Crippen molar-refractivity contribution in [2.45, 2.75) is 6.42 Å².